The summed E-state index contributed by atoms with van der Waals surface area (Å²) in [6, 6.07) is 6.45. The van der Waals surface area contributed by atoms with Gasteiger partial charge in [0.1, 0.15) is 12.4 Å². The number of esters is 1. The van der Waals surface area contributed by atoms with Crippen LogP contribution in [0.3, 0.4) is 0 Å². The summed E-state index contributed by atoms with van der Waals surface area (Å²) < 4.78 is 42.9. The Kier molecular flexibility index (Phi) is 6.33. The second-order valence-corrected chi connectivity index (χ2v) is 9.64. The van der Waals surface area contributed by atoms with Crippen LogP contribution < -0.4 is 4.74 Å². The monoisotopic (exact) mass is 482 g/mol. The Bertz CT molecular complexity index is 1180. The van der Waals surface area contributed by atoms with Crippen LogP contribution in [0.25, 0.3) is 0 Å². The Labute approximate surface area is 188 Å². The van der Waals surface area contributed by atoms with Crippen molar-refractivity contribution in [3.05, 3.63) is 62.2 Å². The Balaban J connectivity index is 1.58. The summed E-state index contributed by atoms with van der Waals surface area (Å²) in [6.45, 7) is 0.606. The SMILES string of the molecule is O=C(OCc1cc([N+](=O)[O-])cc2c1OCOC2)c1cc(S(=O)(=O)N2CCCC2)ccc1Cl. The fourth-order valence-corrected chi connectivity index (χ4v) is 5.35. The second kappa shape index (κ2) is 9.02. The highest BCUT2D eigenvalue weighted by Crippen LogP contribution is 2.33. The number of carbonyl (C=O) groups excluding carboxylic acids is 1. The molecule has 12 heteroatoms. The summed E-state index contributed by atoms with van der Waals surface area (Å²) >= 11 is 6.12. The highest BCUT2D eigenvalue weighted by atomic mass is 35.5. The third-order valence-electron chi connectivity index (χ3n) is 5.20. The summed E-state index contributed by atoms with van der Waals surface area (Å²) in [5, 5.41) is 11.3. The Morgan fingerprint density at radius 3 is 2.69 bits per heavy atom. The molecule has 2 aromatic carbocycles. The van der Waals surface area contributed by atoms with Gasteiger partial charge in [0.25, 0.3) is 5.69 Å². The van der Waals surface area contributed by atoms with E-state index in [1.165, 1.54) is 34.6 Å². The van der Waals surface area contributed by atoms with Crippen LogP contribution in [0.15, 0.2) is 35.2 Å². The molecule has 0 unspecified atom stereocenters. The lowest BCUT2D eigenvalue weighted by Crippen LogP contribution is -2.28. The maximum atomic E-state index is 12.8. The fourth-order valence-electron chi connectivity index (χ4n) is 3.61. The van der Waals surface area contributed by atoms with E-state index in [1.54, 1.807) is 0 Å². The number of nitrogens with zero attached hydrogens (tertiary/aromatic N) is 2. The third-order valence-corrected chi connectivity index (χ3v) is 7.43. The van der Waals surface area contributed by atoms with Crippen LogP contribution in [0.4, 0.5) is 5.69 Å². The number of non-ortho nitro benzene ring substituents is 1. The molecule has 4 rings (SSSR count). The molecule has 0 aliphatic carbocycles. The highest BCUT2D eigenvalue weighted by molar-refractivity contribution is 7.89. The average molecular weight is 483 g/mol. The first-order valence-electron chi connectivity index (χ1n) is 9.75. The van der Waals surface area contributed by atoms with Gasteiger partial charge in [-0.15, -0.1) is 0 Å². The standard InChI is InChI=1S/C20H19ClN2O8S/c21-18-4-3-16(32(27,28)22-5-1-2-6-22)9-17(18)20(24)30-11-14-8-15(23(25)26)7-13-10-29-12-31-19(13)14/h3-4,7-9H,1-2,5-6,10-12H2. The maximum absolute atomic E-state index is 12.8. The van der Waals surface area contributed by atoms with E-state index < -0.39 is 20.9 Å². The first-order chi connectivity index (χ1) is 15.3. The van der Waals surface area contributed by atoms with E-state index in [2.05, 4.69) is 0 Å². The maximum Gasteiger partial charge on any atom is 0.340 e. The minimum absolute atomic E-state index is 0.0288. The molecule has 0 radical (unpaired) electrons. The van der Waals surface area contributed by atoms with Crippen molar-refractivity contribution in [3.8, 4) is 5.75 Å². The van der Waals surface area contributed by atoms with Gasteiger partial charge < -0.3 is 14.2 Å². The van der Waals surface area contributed by atoms with Crippen molar-refractivity contribution in [3.63, 3.8) is 0 Å². The van der Waals surface area contributed by atoms with Crippen molar-refractivity contribution < 1.29 is 32.3 Å². The van der Waals surface area contributed by atoms with Crippen molar-refractivity contribution in [2.45, 2.75) is 31.0 Å². The summed E-state index contributed by atoms with van der Waals surface area (Å²) in [5.74, 6) is -0.508. The van der Waals surface area contributed by atoms with Gasteiger partial charge in [-0.1, -0.05) is 11.6 Å². The van der Waals surface area contributed by atoms with Gasteiger partial charge in [-0.2, -0.15) is 4.31 Å². The van der Waals surface area contributed by atoms with Gasteiger partial charge in [-0.3, -0.25) is 10.1 Å². The third kappa shape index (κ3) is 4.42. The van der Waals surface area contributed by atoms with Crippen molar-refractivity contribution in [2.24, 2.45) is 0 Å². The van der Waals surface area contributed by atoms with E-state index in [1.807, 2.05) is 0 Å². The normalized spacial score (nSPS) is 16.3. The molecule has 32 heavy (non-hydrogen) atoms. The van der Waals surface area contributed by atoms with Crippen molar-refractivity contribution in [2.75, 3.05) is 19.9 Å². The lowest BCUT2D eigenvalue weighted by molar-refractivity contribution is -0.385. The summed E-state index contributed by atoms with van der Waals surface area (Å²) in [7, 11) is -3.75. The van der Waals surface area contributed by atoms with Crippen LogP contribution in [0.2, 0.25) is 5.02 Å². The fraction of sp³-hybridized carbons (Fsp3) is 0.350. The minimum Gasteiger partial charge on any atom is -0.467 e. The van der Waals surface area contributed by atoms with Crippen molar-refractivity contribution in [1.82, 2.24) is 4.31 Å². The second-order valence-electron chi connectivity index (χ2n) is 7.29. The largest absolute Gasteiger partial charge is 0.467 e. The first-order valence-corrected chi connectivity index (χ1v) is 11.6. The molecule has 0 saturated carbocycles. The van der Waals surface area contributed by atoms with Crippen LogP contribution >= 0.6 is 11.6 Å². The van der Waals surface area contributed by atoms with E-state index in [0.717, 1.165) is 12.8 Å². The lowest BCUT2D eigenvalue weighted by Gasteiger charge is -2.20. The van der Waals surface area contributed by atoms with Crippen LogP contribution in [-0.4, -0.2) is 43.5 Å². The number of carbonyl (C=O) groups is 1. The number of hydrogen-bond donors (Lipinski definition) is 0. The van der Waals surface area contributed by atoms with Crippen LogP contribution in [0, 0.1) is 10.1 Å². The topological polar surface area (TPSA) is 125 Å². The number of rotatable bonds is 6. The molecule has 0 amide bonds. The molecule has 0 bridgehead atoms. The molecule has 2 aromatic rings. The molecule has 2 heterocycles. The predicted molar refractivity (Wildman–Crippen MR) is 112 cm³/mol. The molecule has 0 N–H and O–H groups in total. The van der Waals surface area contributed by atoms with Gasteiger partial charge in [0.2, 0.25) is 10.0 Å². The minimum atomic E-state index is -3.75. The van der Waals surface area contributed by atoms with Crippen LogP contribution in [0.5, 0.6) is 5.75 Å². The summed E-state index contributed by atoms with van der Waals surface area (Å²) in [6.07, 6.45) is 1.56. The number of nitro benzene ring substituents is 1. The van der Waals surface area contributed by atoms with Crippen LogP contribution in [0.1, 0.15) is 34.3 Å². The molecule has 0 aromatic heterocycles. The summed E-state index contributed by atoms with van der Waals surface area (Å²) in [5.41, 5.74) is 0.451. The van der Waals surface area contributed by atoms with Gasteiger partial charge >= 0.3 is 5.97 Å². The van der Waals surface area contributed by atoms with Gasteiger partial charge in [0, 0.05) is 36.3 Å². The molecule has 2 aliphatic heterocycles. The van der Waals surface area contributed by atoms with Gasteiger partial charge in [-0.25, -0.2) is 13.2 Å². The van der Waals surface area contributed by atoms with Gasteiger partial charge in [0.05, 0.1) is 27.0 Å². The first kappa shape index (κ1) is 22.5. The Morgan fingerprint density at radius 2 is 1.97 bits per heavy atom. The number of sulfonamides is 1. The number of benzene rings is 2. The van der Waals surface area contributed by atoms with E-state index in [-0.39, 0.29) is 41.2 Å². The highest BCUT2D eigenvalue weighted by Gasteiger charge is 2.29. The average Bonchev–Trinajstić information content (AvgIpc) is 3.33. The quantitative estimate of drug-likeness (QED) is 0.349. The number of ether oxygens (including phenoxy) is 3. The van der Waals surface area contributed by atoms with E-state index in [9.17, 15) is 23.3 Å². The lowest BCUT2D eigenvalue weighted by atomic mass is 10.1. The van der Waals surface area contributed by atoms with E-state index in [4.69, 9.17) is 25.8 Å². The van der Waals surface area contributed by atoms with E-state index >= 15 is 0 Å². The number of fused-ring (bicyclic) bond motifs is 1. The number of hydrogen-bond acceptors (Lipinski definition) is 8. The Hall–Kier alpha value is -2.73. The molecule has 10 nitrogen and oxygen atoms in total. The van der Waals surface area contributed by atoms with Gasteiger partial charge in [-0.05, 0) is 31.0 Å². The zero-order chi connectivity index (χ0) is 22.9. The molecule has 170 valence electrons. The zero-order valence-corrected chi connectivity index (χ0v) is 18.4. The molecular weight excluding hydrogens is 464 g/mol. The molecule has 1 fully saturated rings. The van der Waals surface area contributed by atoms with Crippen LogP contribution in [-0.2, 0) is 32.7 Å². The van der Waals surface area contributed by atoms with Crippen molar-refractivity contribution in [1.29, 1.82) is 0 Å². The predicted octanol–water partition coefficient (Wildman–Crippen LogP) is 3.26. The zero-order valence-electron chi connectivity index (χ0n) is 16.8. The van der Waals surface area contributed by atoms with Gasteiger partial charge in [0.15, 0.2) is 6.79 Å². The number of halogens is 1. The molecular formula is C20H19ClN2O8S. The molecule has 0 atom stereocenters. The Morgan fingerprint density at radius 1 is 1.22 bits per heavy atom. The summed E-state index contributed by atoms with van der Waals surface area (Å²) in [4.78, 5) is 23.3. The van der Waals surface area contributed by atoms with Crippen molar-refractivity contribution >= 4 is 33.3 Å². The smallest absolute Gasteiger partial charge is 0.340 e. The number of nitro groups is 1. The molecule has 1 saturated heterocycles. The van der Waals surface area contributed by atoms with E-state index in [0.29, 0.717) is 30.0 Å². The molecule has 0 spiro atoms. The molecule has 2 aliphatic rings.